The number of carbonyl (C=O) groups excluding carboxylic acids is 1. The Morgan fingerprint density at radius 1 is 1.23 bits per heavy atom. The highest BCUT2D eigenvalue weighted by Crippen LogP contribution is 2.22. The zero-order valence-electron chi connectivity index (χ0n) is 14.8. The van der Waals surface area contributed by atoms with E-state index in [9.17, 15) is 4.79 Å². The van der Waals surface area contributed by atoms with Crippen LogP contribution >= 0.6 is 0 Å². The zero-order valence-corrected chi connectivity index (χ0v) is 14.8. The van der Waals surface area contributed by atoms with E-state index in [1.807, 2.05) is 31.2 Å². The van der Waals surface area contributed by atoms with E-state index < -0.39 is 5.97 Å². The second-order valence-electron chi connectivity index (χ2n) is 5.47. The fourth-order valence-electron chi connectivity index (χ4n) is 2.27. The average Bonchev–Trinajstić information content (AvgIpc) is 3.09. The maximum Gasteiger partial charge on any atom is 0.343 e. The van der Waals surface area contributed by atoms with Gasteiger partial charge in [0.05, 0.1) is 19.9 Å². The third-order valence-corrected chi connectivity index (χ3v) is 3.54. The largest absolute Gasteiger partial charge is 0.497 e. The Labute approximate surface area is 150 Å². The summed E-state index contributed by atoms with van der Waals surface area (Å²) in [4.78, 5) is 20.9. The maximum atomic E-state index is 12.2. The molecule has 2 aromatic heterocycles. The number of hydrogen-bond acceptors (Lipinski definition) is 7. The van der Waals surface area contributed by atoms with Crippen molar-refractivity contribution in [2.45, 2.75) is 13.8 Å². The smallest absolute Gasteiger partial charge is 0.343 e. The van der Waals surface area contributed by atoms with Gasteiger partial charge in [-0.25, -0.2) is 14.5 Å². The summed E-state index contributed by atoms with van der Waals surface area (Å²) in [6.45, 7) is 3.93. The van der Waals surface area contributed by atoms with Gasteiger partial charge in [0.25, 0.3) is 5.95 Å². The quantitative estimate of drug-likeness (QED) is 0.681. The van der Waals surface area contributed by atoms with Crippen LogP contribution in [0.3, 0.4) is 0 Å². The van der Waals surface area contributed by atoms with Crippen LogP contribution in [0.1, 0.15) is 22.8 Å². The van der Waals surface area contributed by atoms with Crippen LogP contribution < -0.4 is 10.1 Å². The standard InChI is InChI=1S/C18H19N5O3/c1-4-26-17(24)15-10-19-18(23-11-12(2)9-20-23)22-16(15)21-13-5-7-14(25-3)8-6-13/h5-11H,4H2,1-3H3,(H,19,21,22). The van der Waals surface area contributed by atoms with Crippen LogP contribution in [0.4, 0.5) is 11.5 Å². The summed E-state index contributed by atoms with van der Waals surface area (Å²) >= 11 is 0. The van der Waals surface area contributed by atoms with E-state index in [1.54, 1.807) is 31.1 Å². The molecule has 26 heavy (non-hydrogen) atoms. The summed E-state index contributed by atoms with van der Waals surface area (Å²) < 4.78 is 11.8. The Morgan fingerprint density at radius 3 is 2.62 bits per heavy atom. The van der Waals surface area contributed by atoms with Gasteiger partial charge in [0.15, 0.2) is 5.82 Å². The van der Waals surface area contributed by atoms with Gasteiger partial charge in [-0.15, -0.1) is 0 Å². The molecule has 8 heteroatoms. The molecule has 0 aliphatic carbocycles. The Hall–Kier alpha value is -3.42. The molecule has 3 aromatic rings. The Bertz CT molecular complexity index is 905. The van der Waals surface area contributed by atoms with E-state index in [1.165, 1.54) is 6.20 Å². The van der Waals surface area contributed by atoms with Crippen LogP contribution in [0.25, 0.3) is 5.95 Å². The van der Waals surface area contributed by atoms with E-state index in [0.29, 0.717) is 11.8 Å². The third-order valence-electron chi connectivity index (χ3n) is 3.54. The second-order valence-corrected chi connectivity index (χ2v) is 5.47. The molecule has 0 aliphatic rings. The molecule has 0 amide bonds. The van der Waals surface area contributed by atoms with Crippen LogP contribution in [0, 0.1) is 6.92 Å². The molecule has 3 rings (SSSR count). The van der Waals surface area contributed by atoms with E-state index in [4.69, 9.17) is 9.47 Å². The van der Waals surface area contributed by atoms with Crippen LogP contribution in [0.5, 0.6) is 5.75 Å². The summed E-state index contributed by atoms with van der Waals surface area (Å²) in [7, 11) is 1.60. The van der Waals surface area contributed by atoms with Gasteiger partial charge >= 0.3 is 5.97 Å². The number of aryl methyl sites for hydroxylation is 1. The van der Waals surface area contributed by atoms with Crippen molar-refractivity contribution in [2.24, 2.45) is 0 Å². The van der Waals surface area contributed by atoms with Crippen molar-refractivity contribution in [3.8, 4) is 11.7 Å². The lowest BCUT2D eigenvalue weighted by atomic mass is 10.2. The second kappa shape index (κ2) is 7.64. The number of benzene rings is 1. The van der Waals surface area contributed by atoms with Crippen molar-refractivity contribution in [1.29, 1.82) is 0 Å². The Morgan fingerprint density at radius 2 is 2.00 bits per heavy atom. The minimum absolute atomic E-state index is 0.246. The van der Waals surface area contributed by atoms with Crippen molar-refractivity contribution in [1.82, 2.24) is 19.7 Å². The zero-order chi connectivity index (χ0) is 18.5. The molecule has 0 spiro atoms. The summed E-state index contributed by atoms with van der Waals surface area (Å²) in [5.74, 6) is 0.928. The Kier molecular flexibility index (Phi) is 5.12. The van der Waals surface area contributed by atoms with Gasteiger partial charge in [0.1, 0.15) is 11.3 Å². The van der Waals surface area contributed by atoms with Gasteiger partial charge in [-0.2, -0.15) is 10.1 Å². The molecule has 0 saturated carbocycles. The van der Waals surface area contributed by atoms with E-state index in [2.05, 4.69) is 20.4 Å². The molecule has 0 saturated heterocycles. The number of ether oxygens (including phenoxy) is 2. The molecule has 8 nitrogen and oxygen atoms in total. The average molecular weight is 353 g/mol. The summed E-state index contributed by atoms with van der Waals surface area (Å²) in [5.41, 5.74) is 1.97. The van der Waals surface area contributed by atoms with Crippen LogP contribution in [-0.2, 0) is 4.74 Å². The molecule has 0 aliphatic heterocycles. The monoisotopic (exact) mass is 353 g/mol. The molecule has 1 N–H and O–H groups in total. The maximum absolute atomic E-state index is 12.2. The van der Waals surface area contributed by atoms with Gasteiger partial charge in [0, 0.05) is 18.1 Å². The van der Waals surface area contributed by atoms with Crippen LogP contribution in [0.15, 0.2) is 42.9 Å². The van der Waals surface area contributed by atoms with E-state index in [0.717, 1.165) is 17.0 Å². The van der Waals surface area contributed by atoms with Crippen LogP contribution in [-0.4, -0.2) is 39.4 Å². The first-order valence-electron chi connectivity index (χ1n) is 8.07. The predicted octanol–water partition coefficient (Wildman–Crippen LogP) is 2.90. The number of rotatable bonds is 6. The first-order chi connectivity index (χ1) is 12.6. The number of anilines is 2. The predicted molar refractivity (Wildman–Crippen MR) is 96.1 cm³/mol. The fourth-order valence-corrected chi connectivity index (χ4v) is 2.27. The summed E-state index contributed by atoms with van der Waals surface area (Å²) in [6.07, 6.45) is 4.94. The van der Waals surface area contributed by atoms with E-state index >= 15 is 0 Å². The van der Waals surface area contributed by atoms with Crippen molar-refractivity contribution in [3.05, 3.63) is 54.0 Å². The van der Waals surface area contributed by atoms with Gasteiger partial charge in [-0.05, 0) is 43.7 Å². The highest BCUT2D eigenvalue weighted by atomic mass is 16.5. The fraction of sp³-hybridized carbons (Fsp3) is 0.222. The van der Waals surface area contributed by atoms with Gasteiger partial charge in [0.2, 0.25) is 0 Å². The first-order valence-corrected chi connectivity index (χ1v) is 8.07. The number of hydrogen-bond donors (Lipinski definition) is 1. The minimum atomic E-state index is -0.494. The van der Waals surface area contributed by atoms with Crippen LogP contribution in [0.2, 0.25) is 0 Å². The van der Waals surface area contributed by atoms with Gasteiger partial charge in [-0.3, -0.25) is 0 Å². The molecule has 0 unspecified atom stereocenters. The number of esters is 1. The lowest BCUT2D eigenvalue weighted by Crippen LogP contribution is -2.13. The van der Waals surface area contributed by atoms with Crippen molar-refractivity contribution in [3.63, 3.8) is 0 Å². The SMILES string of the molecule is CCOC(=O)c1cnc(-n2cc(C)cn2)nc1Nc1ccc(OC)cc1. The van der Waals surface area contributed by atoms with Crippen molar-refractivity contribution < 1.29 is 14.3 Å². The van der Waals surface area contributed by atoms with Crippen molar-refractivity contribution in [2.75, 3.05) is 19.0 Å². The highest BCUT2D eigenvalue weighted by Gasteiger charge is 2.17. The molecule has 1 aromatic carbocycles. The molecule has 0 fully saturated rings. The number of nitrogens with zero attached hydrogens (tertiary/aromatic N) is 4. The van der Waals surface area contributed by atoms with Gasteiger partial charge < -0.3 is 14.8 Å². The third kappa shape index (κ3) is 3.80. The molecule has 0 atom stereocenters. The number of nitrogens with one attached hydrogen (secondary N) is 1. The summed E-state index contributed by atoms with van der Waals surface area (Å²) in [5, 5.41) is 7.33. The molecule has 0 bridgehead atoms. The minimum Gasteiger partial charge on any atom is -0.497 e. The molecular weight excluding hydrogens is 334 g/mol. The molecule has 134 valence electrons. The lowest BCUT2D eigenvalue weighted by molar-refractivity contribution is 0.0526. The topological polar surface area (TPSA) is 91.2 Å². The van der Waals surface area contributed by atoms with Crippen molar-refractivity contribution >= 4 is 17.5 Å². The Balaban J connectivity index is 1.98. The number of methoxy groups -OCH3 is 1. The normalized spacial score (nSPS) is 10.4. The highest BCUT2D eigenvalue weighted by molar-refractivity contribution is 5.95. The first kappa shape index (κ1) is 17.4. The van der Waals surface area contributed by atoms with Gasteiger partial charge in [-0.1, -0.05) is 0 Å². The molecule has 0 radical (unpaired) electrons. The molecular formula is C18H19N5O3. The number of aromatic nitrogens is 4. The van der Waals surface area contributed by atoms with E-state index in [-0.39, 0.29) is 12.2 Å². The summed E-state index contributed by atoms with van der Waals surface area (Å²) in [6, 6.07) is 7.28. The molecule has 2 heterocycles. The number of carbonyl (C=O) groups is 1. The lowest BCUT2D eigenvalue weighted by Gasteiger charge is -2.12.